The molecule has 1 N–H and O–H groups in total. The Morgan fingerprint density at radius 1 is 1.29 bits per heavy atom. The summed E-state index contributed by atoms with van der Waals surface area (Å²) in [5, 5.41) is 3.11. The van der Waals surface area contributed by atoms with Crippen LogP contribution in [0.5, 0.6) is 5.75 Å². The van der Waals surface area contributed by atoms with E-state index < -0.39 is 5.60 Å². The lowest BCUT2D eigenvalue weighted by Crippen LogP contribution is -2.45. The lowest BCUT2D eigenvalue weighted by atomic mass is 9.96. The zero-order valence-corrected chi connectivity index (χ0v) is 20.4. The first kappa shape index (κ1) is 22.9. The molecule has 0 spiro atoms. The van der Waals surface area contributed by atoms with E-state index in [9.17, 15) is 4.79 Å². The van der Waals surface area contributed by atoms with Gasteiger partial charge in [-0.1, -0.05) is 6.07 Å². The van der Waals surface area contributed by atoms with Crippen molar-refractivity contribution in [2.24, 2.45) is 5.92 Å². The number of fused-ring (bicyclic) bond motifs is 2. The molecule has 0 aliphatic carbocycles. The Hall–Kier alpha value is -1.31. The molecule has 1 aromatic carbocycles. The number of rotatable bonds is 6. The second-order valence-electron chi connectivity index (χ2n) is 10.1. The van der Waals surface area contributed by atoms with Gasteiger partial charge in [-0.25, -0.2) is 4.79 Å². The third-order valence-corrected chi connectivity index (χ3v) is 7.09. The molecule has 0 aromatic heterocycles. The molecule has 172 valence electrons. The fourth-order valence-corrected chi connectivity index (χ4v) is 5.62. The molecule has 3 aliphatic heterocycles. The number of ether oxygens (including phenoxy) is 3. The van der Waals surface area contributed by atoms with Crippen LogP contribution in [0.25, 0.3) is 0 Å². The third kappa shape index (κ3) is 5.93. The SMILES string of the molecule is CC(C)(C)OC(=O)NC1CC2CCC1N2Cc1ccc(OCC2CCCOC2)c(Br)c1. The van der Waals surface area contributed by atoms with Crippen molar-refractivity contribution in [1.82, 2.24) is 10.2 Å². The van der Waals surface area contributed by atoms with Gasteiger partial charge in [0.15, 0.2) is 0 Å². The summed E-state index contributed by atoms with van der Waals surface area (Å²) < 4.78 is 18.1. The van der Waals surface area contributed by atoms with Gasteiger partial charge in [-0.15, -0.1) is 0 Å². The molecule has 0 saturated carbocycles. The van der Waals surface area contributed by atoms with Crippen LogP contribution in [0.3, 0.4) is 0 Å². The Kier molecular flexibility index (Phi) is 7.14. The maximum absolute atomic E-state index is 12.2. The standard InChI is InChI=1S/C24H35BrN2O4/c1-24(2,3)31-23(28)26-20-12-18-7-8-21(20)27(18)13-16-6-9-22(19(25)11-16)30-15-17-5-4-10-29-14-17/h6,9,11,17-18,20-21H,4-5,7-8,10,12-15H2,1-3H3,(H,26,28). The van der Waals surface area contributed by atoms with Gasteiger partial charge < -0.3 is 19.5 Å². The van der Waals surface area contributed by atoms with Crippen molar-refractivity contribution in [2.45, 2.75) is 83.1 Å². The minimum atomic E-state index is -0.471. The van der Waals surface area contributed by atoms with E-state index in [0.29, 0.717) is 24.6 Å². The zero-order valence-electron chi connectivity index (χ0n) is 18.9. The molecule has 4 rings (SSSR count). The summed E-state index contributed by atoms with van der Waals surface area (Å²) in [6, 6.07) is 7.45. The zero-order chi connectivity index (χ0) is 22.0. The van der Waals surface area contributed by atoms with Crippen molar-refractivity contribution in [2.75, 3.05) is 19.8 Å². The van der Waals surface area contributed by atoms with E-state index in [0.717, 1.165) is 49.2 Å². The Morgan fingerprint density at radius 2 is 2.13 bits per heavy atom. The molecule has 1 aromatic rings. The highest BCUT2D eigenvalue weighted by Crippen LogP contribution is 2.39. The maximum Gasteiger partial charge on any atom is 0.407 e. The number of hydrogen-bond acceptors (Lipinski definition) is 5. The van der Waals surface area contributed by atoms with Crippen LogP contribution in [0, 0.1) is 5.92 Å². The molecular formula is C24H35BrN2O4. The number of carbonyl (C=O) groups is 1. The van der Waals surface area contributed by atoms with E-state index in [4.69, 9.17) is 14.2 Å². The summed E-state index contributed by atoms with van der Waals surface area (Å²) in [6.07, 6.45) is 5.30. The molecule has 3 saturated heterocycles. The highest BCUT2D eigenvalue weighted by Gasteiger charge is 2.46. The summed E-state index contributed by atoms with van der Waals surface area (Å²) in [5.41, 5.74) is 0.789. The Bertz CT molecular complexity index is 775. The van der Waals surface area contributed by atoms with Gasteiger partial charge in [-0.05, 0) is 86.5 Å². The summed E-state index contributed by atoms with van der Waals surface area (Å²) >= 11 is 3.69. The monoisotopic (exact) mass is 494 g/mol. The fourth-order valence-electron chi connectivity index (χ4n) is 5.08. The van der Waals surface area contributed by atoms with E-state index in [-0.39, 0.29) is 12.1 Å². The van der Waals surface area contributed by atoms with Gasteiger partial charge in [0.2, 0.25) is 0 Å². The first-order valence-corrected chi connectivity index (χ1v) is 12.3. The van der Waals surface area contributed by atoms with Gasteiger partial charge in [0.05, 0.1) is 17.7 Å². The van der Waals surface area contributed by atoms with Crippen LogP contribution in [-0.2, 0) is 16.0 Å². The predicted octanol–water partition coefficient (Wildman–Crippen LogP) is 4.88. The molecule has 0 radical (unpaired) electrons. The molecule has 3 heterocycles. The Morgan fingerprint density at radius 3 is 2.84 bits per heavy atom. The first-order chi connectivity index (χ1) is 14.8. The van der Waals surface area contributed by atoms with Gasteiger partial charge in [0, 0.05) is 37.2 Å². The van der Waals surface area contributed by atoms with Crippen molar-refractivity contribution < 1.29 is 19.0 Å². The molecule has 31 heavy (non-hydrogen) atoms. The van der Waals surface area contributed by atoms with E-state index in [2.05, 4.69) is 44.3 Å². The number of nitrogens with one attached hydrogen (secondary N) is 1. The van der Waals surface area contributed by atoms with Crippen LogP contribution >= 0.6 is 15.9 Å². The molecule has 4 atom stereocenters. The van der Waals surface area contributed by atoms with E-state index in [1.807, 2.05) is 20.8 Å². The second-order valence-corrected chi connectivity index (χ2v) is 11.0. The van der Waals surface area contributed by atoms with Gasteiger partial charge in [-0.2, -0.15) is 0 Å². The summed E-state index contributed by atoms with van der Waals surface area (Å²) in [4.78, 5) is 14.8. The molecule has 2 bridgehead atoms. The van der Waals surface area contributed by atoms with Crippen LogP contribution in [0.2, 0.25) is 0 Å². The maximum atomic E-state index is 12.2. The average Bonchev–Trinajstić information content (AvgIpc) is 3.23. The van der Waals surface area contributed by atoms with Crippen LogP contribution in [0.15, 0.2) is 22.7 Å². The van der Waals surface area contributed by atoms with E-state index in [1.165, 1.54) is 18.4 Å². The van der Waals surface area contributed by atoms with Gasteiger partial charge >= 0.3 is 6.09 Å². The van der Waals surface area contributed by atoms with E-state index in [1.54, 1.807) is 0 Å². The normalized spacial score (nSPS) is 28.5. The Balaban J connectivity index is 1.31. The highest BCUT2D eigenvalue weighted by atomic mass is 79.9. The van der Waals surface area contributed by atoms with Crippen molar-refractivity contribution in [1.29, 1.82) is 0 Å². The molecule has 3 aliphatic rings. The molecule has 6 nitrogen and oxygen atoms in total. The van der Waals surface area contributed by atoms with Crippen molar-refractivity contribution in [3.8, 4) is 5.75 Å². The molecule has 3 fully saturated rings. The minimum Gasteiger partial charge on any atom is -0.492 e. The number of carbonyl (C=O) groups excluding carboxylic acids is 1. The number of halogens is 1. The van der Waals surface area contributed by atoms with Crippen LogP contribution in [0.4, 0.5) is 4.79 Å². The van der Waals surface area contributed by atoms with Gasteiger partial charge in [0.1, 0.15) is 11.4 Å². The topological polar surface area (TPSA) is 60.0 Å². The van der Waals surface area contributed by atoms with E-state index >= 15 is 0 Å². The van der Waals surface area contributed by atoms with Gasteiger partial charge in [0.25, 0.3) is 0 Å². The summed E-state index contributed by atoms with van der Waals surface area (Å²) in [5.74, 6) is 1.37. The number of alkyl carbamates (subject to hydrolysis) is 1. The predicted molar refractivity (Wildman–Crippen MR) is 123 cm³/mol. The van der Waals surface area contributed by atoms with Gasteiger partial charge in [-0.3, -0.25) is 4.90 Å². The fraction of sp³-hybridized carbons (Fsp3) is 0.708. The smallest absolute Gasteiger partial charge is 0.407 e. The minimum absolute atomic E-state index is 0.164. The van der Waals surface area contributed by atoms with Crippen LogP contribution in [-0.4, -0.2) is 54.5 Å². The molecule has 4 unspecified atom stereocenters. The lowest BCUT2D eigenvalue weighted by molar-refractivity contribution is 0.0350. The quantitative estimate of drug-likeness (QED) is 0.610. The molecule has 1 amide bonds. The number of benzene rings is 1. The number of hydrogen-bond donors (Lipinski definition) is 1. The summed E-state index contributed by atoms with van der Waals surface area (Å²) in [7, 11) is 0. The Labute approximate surface area is 194 Å². The highest BCUT2D eigenvalue weighted by molar-refractivity contribution is 9.10. The third-order valence-electron chi connectivity index (χ3n) is 6.47. The van der Waals surface area contributed by atoms with Crippen molar-refractivity contribution >= 4 is 22.0 Å². The molecular weight excluding hydrogens is 460 g/mol. The van der Waals surface area contributed by atoms with Crippen LogP contribution in [0.1, 0.15) is 58.4 Å². The van der Waals surface area contributed by atoms with Crippen molar-refractivity contribution in [3.05, 3.63) is 28.2 Å². The van der Waals surface area contributed by atoms with Crippen LogP contribution < -0.4 is 10.1 Å². The summed E-state index contributed by atoms with van der Waals surface area (Å²) in [6.45, 7) is 8.95. The van der Waals surface area contributed by atoms with Crippen molar-refractivity contribution in [3.63, 3.8) is 0 Å². The number of nitrogens with zero attached hydrogens (tertiary/aromatic N) is 1. The average molecular weight is 495 g/mol. The second kappa shape index (κ2) is 9.67. The largest absolute Gasteiger partial charge is 0.492 e. The first-order valence-electron chi connectivity index (χ1n) is 11.5. The number of amides is 1. The molecule has 7 heteroatoms. The lowest BCUT2D eigenvalue weighted by Gasteiger charge is -2.27.